The normalized spacial score (nSPS) is 14.2. The number of anilines is 2. The van der Waals surface area contributed by atoms with Crippen molar-refractivity contribution >= 4 is 39.1 Å². The van der Waals surface area contributed by atoms with Gasteiger partial charge in [0.2, 0.25) is 0 Å². The first kappa shape index (κ1) is 38.1. The van der Waals surface area contributed by atoms with Crippen molar-refractivity contribution in [2.75, 3.05) is 62.8 Å². The smallest absolute Gasteiger partial charge is 0.264 e. The number of rotatable bonds is 15. The number of aromatic nitrogens is 1. The van der Waals surface area contributed by atoms with Crippen molar-refractivity contribution in [3.05, 3.63) is 138 Å². The maximum atomic E-state index is 13.3. The standard InChI is InChI=1S/C42H48N6O3S2/c1-32-29-39(20-21-40(32)44-36(22-24-46(2)3)31-52-38-14-8-5-9-15-38)53(50,51)45-42(49)34-16-18-37(19-17-34)48-27-25-47(26-28-48)30-35-13-10-23-43-41(35)33-11-6-4-7-12-33/h4-21,23,29,36,44H,22,24-28,30-31H2,1-3H3,(H,45,49)/t36-/m1/s1. The fraction of sp³-hybridized carbons (Fsp3) is 0.286. The van der Waals surface area contributed by atoms with Gasteiger partial charge in [-0.2, -0.15) is 0 Å². The van der Waals surface area contributed by atoms with Crippen molar-refractivity contribution in [1.82, 2.24) is 19.5 Å². The van der Waals surface area contributed by atoms with E-state index < -0.39 is 15.9 Å². The van der Waals surface area contributed by atoms with E-state index in [0.29, 0.717) is 0 Å². The van der Waals surface area contributed by atoms with Gasteiger partial charge < -0.3 is 15.1 Å². The fourth-order valence-corrected chi connectivity index (χ4v) is 8.45. The Kier molecular flexibility index (Phi) is 12.9. The lowest BCUT2D eigenvalue weighted by Gasteiger charge is -2.36. The first-order chi connectivity index (χ1) is 25.6. The highest BCUT2D eigenvalue weighted by molar-refractivity contribution is 7.99. The summed E-state index contributed by atoms with van der Waals surface area (Å²) in [6.07, 6.45) is 2.77. The lowest BCUT2D eigenvalue weighted by Crippen LogP contribution is -2.46. The second-order valence-electron chi connectivity index (χ2n) is 13.7. The van der Waals surface area contributed by atoms with E-state index in [1.54, 1.807) is 42.1 Å². The molecule has 9 nitrogen and oxygen atoms in total. The second kappa shape index (κ2) is 17.9. The molecule has 5 aromatic rings. The van der Waals surface area contributed by atoms with E-state index in [4.69, 9.17) is 0 Å². The monoisotopic (exact) mass is 748 g/mol. The molecule has 0 spiro atoms. The van der Waals surface area contributed by atoms with Crippen LogP contribution in [0.3, 0.4) is 0 Å². The van der Waals surface area contributed by atoms with Crippen molar-refractivity contribution in [3.63, 3.8) is 0 Å². The number of benzene rings is 4. The van der Waals surface area contributed by atoms with Crippen LogP contribution >= 0.6 is 11.8 Å². The van der Waals surface area contributed by atoms with E-state index in [1.807, 2.05) is 67.7 Å². The zero-order valence-electron chi connectivity index (χ0n) is 30.6. The van der Waals surface area contributed by atoms with E-state index in [9.17, 15) is 13.2 Å². The Balaban J connectivity index is 1.03. The van der Waals surface area contributed by atoms with Crippen LogP contribution in [-0.4, -0.2) is 87.7 Å². The topological polar surface area (TPSA) is 97.9 Å². The average Bonchev–Trinajstić information content (AvgIpc) is 3.17. The Morgan fingerprint density at radius 1 is 0.868 bits per heavy atom. The molecule has 4 aromatic carbocycles. The summed E-state index contributed by atoms with van der Waals surface area (Å²) >= 11 is 1.80. The molecule has 6 rings (SSSR count). The van der Waals surface area contributed by atoms with Gasteiger partial charge in [-0.05, 0) is 106 Å². The van der Waals surface area contributed by atoms with Crippen LogP contribution in [0.1, 0.15) is 27.9 Å². The second-order valence-corrected chi connectivity index (χ2v) is 16.4. The Hall–Kier alpha value is -4.68. The molecule has 2 N–H and O–H groups in total. The SMILES string of the molecule is Cc1cc(S(=O)(=O)NC(=O)c2ccc(N3CCN(Cc4cccnc4-c4ccccc4)CC3)cc2)ccc1N[C@H](CCN(C)C)CSc1ccccc1. The van der Waals surface area contributed by atoms with E-state index >= 15 is 0 Å². The molecule has 0 saturated carbocycles. The van der Waals surface area contributed by atoms with Gasteiger partial charge in [0.05, 0.1) is 10.6 Å². The number of amides is 1. The van der Waals surface area contributed by atoms with Gasteiger partial charge in [0.25, 0.3) is 15.9 Å². The highest BCUT2D eigenvalue weighted by atomic mass is 32.2. The highest BCUT2D eigenvalue weighted by Gasteiger charge is 2.22. The summed E-state index contributed by atoms with van der Waals surface area (Å²) in [5.74, 6) is 0.207. The summed E-state index contributed by atoms with van der Waals surface area (Å²) < 4.78 is 28.9. The maximum Gasteiger partial charge on any atom is 0.264 e. The van der Waals surface area contributed by atoms with Crippen LogP contribution in [0.2, 0.25) is 0 Å². The average molecular weight is 749 g/mol. The largest absolute Gasteiger partial charge is 0.381 e. The molecule has 1 saturated heterocycles. The number of hydrogen-bond donors (Lipinski definition) is 2. The van der Waals surface area contributed by atoms with Crippen LogP contribution in [0.25, 0.3) is 11.3 Å². The molecule has 1 aromatic heterocycles. The summed E-state index contributed by atoms with van der Waals surface area (Å²) in [6.45, 7) is 7.09. The van der Waals surface area contributed by atoms with Gasteiger partial charge in [-0.3, -0.25) is 14.7 Å². The molecular weight excluding hydrogens is 701 g/mol. The number of thioether (sulfide) groups is 1. The van der Waals surface area contributed by atoms with Crippen molar-refractivity contribution in [1.29, 1.82) is 0 Å². The van der Waals surface area contributed by atoms with Crippen LogP contribution in [0.4, 0.5) is 11.4 Å². The molecule has 53 heavy (non-hydrogen) atoms. The first-order valence-corrected chi connectivity index (χ1v) is 20.4. The predicted molar refractivity (Wildman–Crippen MR) is 217 cm³/mol. The molecule has 1 amide bonds. The van der Waals surface area contributed by atoms with Crippen LogP contribution < -0.4 is 14.9 Å². The van der Waals surface area contributed by atoms with Crippen molar-refractivity contribution in [2.24, 2.45) is 0 Å². The van der Waals surface area contributed by atoms with E-state index in [0.717, 1.165) is 79.6 Å². The number of sulfonamides is 1. The van der Waals surface area contributed by atoms with Gasteiger partial charge in [-0.15, -0.1) is 11.8 Å². The summed E-state index contributed by atoms with van der Waals surface area (Å²) in [5, 5.41) is 3.63. The Labute approximate surface area is 318 Å². The van der Waals surface area contributed by atoms with Crippen molar-refractivity contribution < 1.29 is 13.2 Å². The molecule has 276 valence electrons. The molecule has 2 heterocycles. The van der Waals surface area contributed by atoms with E-state index in [-0.39, 0.29) is 16.5 Å². The van der Waals surface area contributed by atoms with Gasteiger partial charge in [0.1, 0.15) is 0 Å². The predicted octanol–water partition coefficient (Wildman–Crippen LogP) is 7.02. The van der Waals surface area contributed by atoms with Gasteiger partial charge >= 0.3 is 0 Å². The molecule has 11 heteroatoms. The highest BCUT2D eigenvalue weighted by Crippen LogP contribution is 2.26. The minimum Gasteiger partial charge on any atom is -0.381 e. The van der Waals surface area contributed by atoms with Crippen LogP contribution in [0, 0.1) is 6.92 Å². The molecule has 0 unspecified atom stereocenters. The Morgan fingerprint density at radius 2 is 1.57 bits per heavy atom. The van der Waals surface area contributed by atoms with E-state index in [2.05, 4.69) is 74.1 Å². The minimum atomic E-state index is -4.09. The first-order valence-electron chi connectivity index (χ1n) is 18.0. The number of aryl methyl sites for hydroxylation is 1. The van der Waals surface area contributed by atoms with Crippen molar-refractivity contribution in [2.45, 2.75) is 35.7 Å². The Bertz CT molecular complexity index is 2050. The molecule has 1 aliphatic rings. The third kappa shape index (κ3) is 10.5. The zero-order valence-corrected chi connectivity index (χ0v) is 32.2. The summed E-state index contributed by atoms with van der Waals surface area (Å²) in [6, 6.07) is 37.0. The van der Waals surface area contributed by atoms with Gasteiger partial charge in [-0.25, -0.2) is 13.1 Å². The van der Waals surface area contributed by atoms with Crippen LogP contribution in [0.15, 0.2) is 131 Å². The number of carbonyl (C=O) groups excluding carboxylic acids is 1. The third-order valence-corrected chi connectivity index (χ3v) is 11.9. The molecule has 0 aliphatic carbocycles. The number of nitrogens with zero attached hydrogens (tertiary/aromatic N) is 4. The number of pyridine rings is 1. The Morgan fingerprint density at radius 3 is 2.25 bits per heavy atom. The van der Waals surface area contributed by atoms with Crippen molar-refractivity contribution in [3.8, 4) is 11.3 Å². The van der Waals surface area contributed by atoms with Gasteiger partial charge in [0, 0.05) is 78.1 Å². The van der Waals surface area contributed by atoms with Crippen LogP contribution in [-0.2, 0) is 16.6 Å². The number of nitrogens with one attached hydrogen (secondary N) is 2. The summed E-state index contributed by atoms with van der Waals surface area (Å²) in [5.41, 5.74) is 6.30. The lowest BCUT2D eigenvalue weighted by molar-refractivity contribution is 0.0981. The van der Waals surface area contributed by atoms with Gasteiger partial charge in [0.15, 0.2) is 0 Å². The molecule has 0 radical (unpaired) electrons. The maximum absolute atomic E-state index is 13.3. The van der Waals surface area contributed by atoms with E-state index in [1.165, 1.54) is 10.5 Å². The molecular formula is C42H48N6O3S2. The summed E-state index contributed by atoms with van der Waals surface area (Å²) in [4.78, 5) is 26.0. The fourth-order valence-electron chi connectivity index (χ4n) is 6.40. The minimum absolute atomic E-state index is 0.0501. The molecule has 1 atom stereocenters. The lowest BCUT2D eigenvalue weighted by atomic mass is 10.1. The number of hydrogen-bond acceptors (Lipinski definition) is 9. The summed E-state index contributed by atoms with van der Waals surface area (Å²) in [7, 11) is 0.0333. The van der Waals surface area contributed by atoms with Gasteiger partial charge in [-0.1, -0.05) is 54.6 Å². The third-order valence-electron chi connectivity index (χ3n) is 9.41. The molecule has 0 bridgehead atoms. The quantitative estimate of drug-likeness (QED) is 0.110. The zero-order chi connectivity index (χ0) is 37.2. The molecule has 1 fully saturated rings. The number of piperazine rings is 1. The number of carbonyl (C=O) groups is 1. The molecule has 1 aliphatic heterocycles. The van der Waals surface area contributed by atoms with Crippen LogP contribution in [0.5, 0.6) is 0 Å².